The fourth-order valence-electron chi connectivity index (χ4n) is 1.66. The molecular weight excluding hydrogens is 248 g/mol. The molecule has 1 heterocycles. The van der Waals surface area contributed by atoms with E-state index in [2.05, 4.69) is 36.3 Å². The van der Waals surface area contributed by atoms with Crippen molar-refractivity contribution >= 4 is 22.4 Å². The van der Waals surface area contributed by atoms with Gasteiger partial charge in [-0.05, 0) is 11.8 Å². The van der Waals surface area contributed by atoms with Crippen molar-refractivity contribution in [2.45, 2.75) is 46.5 Å². The molecule has 6 heteroatoms. The predicted octanol–water partition coefficient (Wildman–Crippen LogP) is 2.46. The molecule has 1 amide bonds. The van der Waals surface area contributed by atoms with Gasteiger partial charge in [-0.1, -0.05) is 51.4 Å². The smallest absolute Gasteiger partial charge is 0.282 e. The summed E-state index contributed by atoms with van der Waals surface area (Å²) in [4.78, 5) is 11.8. The maximum Gasteiger partial charge on any atom is 0.282 e. The third kappa shape index (κ3) is 5.00. The molecule has 0 aromatic carbocycles. The maximum atomic E-state index is 11.8. The van der Waals surface area contributed by atoms with E-state index < -0.39 is 0 Å². The quantitative estimate of drug-likeness (QED) is 0.746. The van der Waals surface area contributed by atoms with Gasteiger partial charge in [0.2, 0.25) is 10.1 Å². The number of unbranched alkanes of at least 4 members (excludes halogenated alkanes) is 2. The molecule has 0 aliphatic heterocycles. The Balaban J connectivity index is 2.37. The molecule has 0 saturated heterocycles. The van der Waals surface area contributed by atoms with Gasteiger partial charge in [0.25, 0.3) is 5.91 Å². The number of hydrogen-bond donors (Lipinski definition) is 2. The Bertz CT molecular complexity index is 389. The Kier molecular flexibility index (Phi) is 5.53. The lowest BCUT2D eigenvalue weighted by Gasteiger charge is -2.24. The summed E-state index contributed by atoms with van der Waals surface area (Å²) in [5.41, 5.74) is 5.56. The van der Waals surface area contributed by atoms with Gasteiger partial charge < -0.3 is 11.1 Å². The molecule has 102 valence electrons. The monoisotopic (exact) mass is 270 g/mol. The number of nitrogens with one attached hydrogen (secondary N) is 1. The highest BCUT2D eigenvalue weighted by Gasteiger charge is 2.20. The molecular formula is C12H22N4OS. The van der Waals surface area contributed by atoms with Crippen molar-refractivity contribution in [3.05, 3.63) is 5.01 Å². The van der Waals surface area contributed by atoms with E-state index >= 15 is 0 Å². The van der Waals surface area contributed by atoms with E-state index in [1.54, 1.807) is 0 Å². The second-order valence-electron chi connectivity index (χ2n) is 5.25. The van der Waals surface area contributed by atoms with Crippen LogP contribution in [0.2, 0.25) is 0 Å². The van der Waals surface area contributed by atoms with Crippen molar-refractivity contribution in [2.75, 3.05) is 12.3 Å². The van der Waals surface area contributed by atoms with E-state index in [1.165, 1.54) is 19.3 Å². The molecule has 3 N–H and O–H groups in total. The first-order valence-electron chi connectivity index (χ1n) is 6.32. The molecule has 0 bridgehead atoms. The van der Waals surface area contributed by atoms with Gasteiger partial charge in [0.1, 0.15) is 0 Å². The average Bonchev–Trinajstić information content (AvgIpc) is 2.73. The van der Waals surface area contributed by atoms with Gasteiger partial charge >= 0.3 is 0 Å². The normalized spacial score (nSPS) is 11.5. The number of nitrogen functional groups attached to an aromatic ring is 1. The summed E-state index contributed by atoms with van der Waals surface area (Å²) in [5.74, 6) is -0.187. The van der Waals surface area contributed by atoms with Crippen molar-refractivity contribution in [3.8, 4) is 0 Å². The van der Waals surface area contributed by atoms with Crippen LogP contribution in [-0.4, -0.2) is 22.6 Å². The summed E-state index contributed by atoms with van der Waals surface area (Å²) >= 11 is 1.11. The van der Waals surface area contributed by atoms with Crippen LogP contribution in [0.5, 0.6) is 0 Å². The molecule has 0 fully saturated rings. The fraction of sp³-hybridized carbons (Fsp3) is 0.750. The summed E-state index contributed by atoms with van der Waals surface area (Å²) in [7, 11) is 0. The van der Waals surface area contributed by atoms with Crippen molar-refractivity contribution in [1.82, 2.24) is 15.5 Å². The Morgan fingerprint density at radius 2 is 2.11 bits per heavy atom. The number of nitrogens with two attached hydrogens (primary N) is 1. The van der Waals surface area contributed by atoms with Gasteiger partial charge in [0.15, 0.2) is 0 Å². The van der Waals surface area contributed by atoms with E-state index in [9.17, 15) is 4.79 Å². The summed E-state index contributed by atoms with van der Waals surface area (Å²) in [6.07, 6.45) is 4.77. The molecule has 5 nitrogen and oxygen atoms in total. The predicted molar refractivity (Wildman–Crippen MR) is 74.6 cm³/mol. The van der Waals surface area contributed by atoms with Crippen molar-refractivity contribution < 1.29 is 4.79 Å². The van der Waals surface area contributed by atoms with Crippen LogP contribution < -0.4 is 11.1 Å². The molecule has 1 aromatic rings. The third-order valence-corrected chi connectivity index (χ3v) is 3.57. The standard InChI is InChI=1S/C12H22N4OS/c1-4-5-6-7-12(2,3)8-14-9(17)10-15-16-11(13)18-10/h4-8H2,1-3H3,(H2,13,16)(H,14,17). The first-order chi connectivity index (χ1) is 8.44. The Morgan fingerprint density at radius 3 is 2.67 bits per heavy atom. The largest absolute Gasteiger partial charge is 0.374 e. The molecule has 0 saturated carbocycles. The van der Waals surface area contributed by atoms with Gasteiger partial charge in [-0.2, -0.15) is 0 Å². The number of nitrogens with zero attached hydrogens (tertiary/aromatic N) is 2. The van der Waals surface area contributed by atoms with E-state index in [0.29, 0.717) is 16.7 Å². The first-order valence-corrected chi connectivity index (χ1v) is 7.13. The molecule has 0 unspecified atom stereocenters. The number of hydrogen-bond acceptors (Lipinski definition) is 5. The van der Waals surface area contributed by atoms with Gasteiger partial charge in [0.05, 0.1) is 0 Å². The summed E-state index contributed by atoms with van der Waals surface area (Å²) in [6, 6.07) is 0. The molecule has 1 aromatic heterocycles. The van der Waals surface area contributed by atoms with E-state index in [0.717, 1.165) is 17.8 Å². The lowest BCUT2D eigenvalue weighted by atomic mass is 9.87. The summed E-state index contributed by atoms with van der Waals surface area (Å²) in [6.45, 7) is 7.17. The highest BCUT2D eigenvalue weighted by atomic mass is 32.1. The minimum absolute atomic E-state index is 0.112. The second kappa shape index (κ2) is 6.68. The average molecular weight is 270 g/mol. The number of aromatic nitrogens is 2. The summed E-state index contributed by atoms with van der Waals surface area (Å²) < 4.78 is 0. The zero-order chi connectivity index (χ0) is 13.6. The molecule has 0 aliphatic rings. The molecule has 1 rings (SSSR count). The Labute approximate surface area is 112 Å². The molecule has 0 aliphatic carbocycles. The summed E-state index contributed by atoms with van der Waals surface area (Å²) in [5, 5.41) is 10.9. The van der Waals surface area contributed by atoms with Crippen molar-refractivity contribution in [3.63, 3.8) is 0 Å². The molecule has 0 radical (unpaired) electrons. The first kappa shape index (κ1) is 14.9. The van der Waals surface area contributed by atoms with E-state index in [4.69, 9.17) is 5.73 Å². The Morgan fingerprint density at radius 1 is 1.39 bits per heavy atom. The Hall–Kier alpha value is -1.17. The zero-order valence-corrected chi connectivity index (χ0v) is 12.1. The van der Waals surface area contributed by atoms with Crippen LogP contribution in [0, 0.1) is 5.41 Å². The number of carbonyl (C=O) groups excluding carboxylic acids is 1. The van der Waals surface area contributed by atoms with Crippen LogP contribution in [0.4, 0.5) is 5.13 Å². The zero-order valence-electron chi connectivity index (χ0n) is 11.3. The second-order valence-corrected chi connectivity index (χ2v) is 6.26. The minimum atomic E-state index is -0.187. The van der Waals surface area contributed by atoms with Crippen LogP contribution in [0.1, 0.15) is 56.3 Å². The van der Waals surface area contributed by atoms with Gasteiger partial charge in [-0.3, -0.25) is 4.79 Å². The van der Waals surface area contributed by atoms with E-state index in [-0.39, 0.29) is 11.3 Å². The number of anilines is 1. The topological polar surface area (TPSA) is 80.9 Å². The third-order valence-electron chi connectivity index (χ3n) is 2.82. The fourth-order valence-corrected chi connectivity index (χ4v) is 2.19. The minimum Gasteiger partial charge on any atom is -0.374 e. The number of carbonyl (C=O) groups is 1. The molecule has 18 heavy (non-hydrogen) atoms. The number of rotatable bonds is 7. The molecule has 0 atom stereocenters. The number of amides is 1. The molecule has 0 spiro atoms. The lowest BCUT2D eigenvalue weighted by Crippen LogP contribution is -2.34. The SMILES string of the molecule is CCCCCC(C)(C)CNC(=O)c1nnc(N)s1. The van der Waals surface area contributed by atoms with Gasteiger partial charge in [-0.15, -0.1) is 10.2 Å². The van der Waals surface area contributed by atoms with Gasteiger partial charge in [-0.25, -0.2) is 0 Å². The van der Waals surface area contributed by atoms with E-state index in [1.807, 2.05) is 0 Å². The van der Waals surface area contributed by atoms with Gasteiger partial charge in [0, 0.05) is 6.54 Å². The van der Waals surface area contributed by atoms with Crippen molar-refractivity contribution in [2.24, 2.45) is 5.41 Å². The van der Waals surface area contributed by atoms with Crippen LogP contribution in [0.3, 0.4) is 0 Å². The maximum absolute atomic E-state index is 11.8. The van der Waals surface area contributed by atoms with Crippen LogP contribution in [-0.2, 0) is 0 Å². The van der Waals surface area contributed by atoms with Crippen LogP contribution in [0.15, 0.2) is 0 Å². The van der Waals surface area contributed by atoms with Crippen LogP contribution in [0.25, 0.3) is 0 Å². The lowest BCUT2D eigenvalue weighted by molar-refractivity contribution is 0.0933. The van der Waals surface area contributed by atoms with Crippen LogP contribution >= 0.6 is 11.3 Å². The van der Waals surface area contributed by atoms with Crippen molar-refractivity contribution in [1.29, 1.82) is 0 Å². The highest BCUT2D eigenvalue weighted by Crippen LogP contribution is 2.23. The highest BCUT2D eigenvalue weighted by molar-refractivity contribution is 7.16.